The van der Waals surface area contributed by atoms with Crippen LogP contribution in [-0.2, 0) is 4.79 Å². The Bertz CT molecular complexity index is 427. The minimum absolute atomic E-state index is 0.0645. The van der Waals surface area contributed by atoms with Crippen LogP contribution in [0.3, 0.4) is 0 Å². The second-order valence-corrected chi connectivity index (χ2v) is 2.87. The van der Waals surface area contributed by atoms with E-state index in [1.807, 2.05) is 0 Å². The summed E-state index contributed by atoms with van der Waals surface area (Å²) >= 11 is 0. The van der Waals surface area contributed by atoms with Crippen molar-refractivity contribution in [3.63, 3.8) is 0 Å². The van der Waals surface area contributed by atoms with Gasteiger partial charge in [-0.15, -0.1) is 0 Å². The summed E-state index contributed by atoms with van der Waals surface area (Å²) in [5.41, 5.74) is -0.356. The third kappa shape index (κ3) is 2.37. The SMILES string of the molecule is CC(=O)Nc1cc(O)c(O)cc1C(=O)O. The van der Waals surface area contributed by atoms with Crippen molar-refractivity contribution in [2.75, 3.05) is 5.32 Å². The van der Waals surface area contributed by atoms with Crippen LogP contribution < -0.4 is 5.32 Å². The summed E-state index contributed by atoms with van der Waals surface area (Å²) in [5.74, 6) is -2.83. The van der Waals surface area contributed by atoms with Gasteiger partial charge in [-0.3, -0.25) is 4.79 Å². The molecule has 0 unspecified atom stereocenters. The normalized spacial score (nSPS) is 9.67. The third-order valence-electron chi connectivity index (χ3n) is 1.66. The molecule has 0 bridgehead atoms. The molecule has 0 fully saturated rings. The van der Waals surface area contributed by atoms with Gasteiger partial charge in [0.25, 0.3) is 0 Å². The number of carbonyl (C=O) groups is 2. The third-order valence-corrected chi connectivity index (χ3v) is 1.66. The molecule has 0 saturated heterocycles. The summed E-state index contributed by atoms with van der Waals surface area (Å²) in [6.45, 7) is 1.20. The van der Waals surface area contributed by atoms with E-state index < -0.39 is 23.4 Å². The quantitative estimate of drug-likeness (QED) is 0.426. The molecule has 0 atom stereocenters. The number of nitrogens with one attached hydrogen (secondary N) is 1. The number of carboxylic acids is 1. The highest BCUT2D eigenvalue weighted by atomic mass is 16.4. The van der Waals surface area contributed by atoms with Gasteiger partial charge in [0.15, 0.2) is 11.5 Å². The fourth-order valence-electron chi connectivity index (χ4n) is 1.05. The van der Waals surface area contributed by atoms with Crippen molar-refractivity contribution < 1.29 is 24.9 Å². The van der Waals surface area contributed by atoms with Gasteiger partial charge >= 0.3 is 5.97 Å². The Hall–Kier alpha value is -2.24. The molecule has 0 aliphatic heterocycles. The molecule has 1 aromatic carbocycles. The molecule has 1 amide bonds. The first kappa shape index (κ1) is 10.8. The fraction of sp³-hybridized carbons (Fsp3) is 0.111. The molecule has 6 nitrogen and oxygen atoms in total. The fourth-order valence-corrected chi connectivity index (χ4v) is 1.05. The summed E-state index contributed by atoms with van der Waals surface area (Å²) < 4.78 is 0. The highest BCUT2D eigenvalue weighted by molar-refractivity contribution is 6.00. The van der Waals surface area contributed by atoms with Gasteiger partial charge in [0, 0.05) is 19.1 Å². The largest absolute Gasteiger partial charge is 0.504 e. The van der Waals surface area contributed by atoms with E-state index in [9.17, 15) is 9.59 Å². The lowest BCUT2D eigenvalue weighted by Crippen LogP contribution is -2.10. The van der Waals surface area contributed by atoms with E-state index in [-0.39, 0.29) is 11.3 Å². The number of carbonyl (C=O) groups excluding carboxylic acids is 1. The Labute approximate surface area is 84.8 Å². The molecular weight excluding hydrogens is 202 g/mol. The predicted octanol–water partition coefficient (Wildman–Crippen LogP) is 0.754. The first-order chi connectivity index (χ1) is 6.91. The Balaban J connectivity index is 3.28. The molecule has 80 valence electrons. The maximum atomic E-state index is 10.7. The first-order valence-electron chi connectivity index (χ1n) is 3.98. The van der Waals surface area contributed by atoms with Crippen LogP contribution in [0.4, 0.5) is 5.69 Å². The topological polar surface area (TPSA) is 107 Å². The number of aromatic hydroxyl groups is 2. The Morgan fingerprint density at radius 3 is 2.20 bits per heavy atom. The van der Waals surface area contributed by atoms with Crippen LogP contribution in [0.15, 0.2) is 12.1 Å². The molecule has 0 aliphatic rings. The summed E-state index contributed by atoms with van der Waals surface area (Å²) in [7, 11) is 0. The van der Waals surface area contributed by atoms with E-state index in [1.165, 1.54) is 6.92 Å². The Morgan fingerprint density at radius 1 is 1.20 bits per heavy atom. The number of phenols is 2. The van der Waals surface area contributed by atoms with Crippen molar-refractivity contribution >= 4 is 17.6 Å². The number of hydrogen-bond donors (Lipinski definition) is 4. The maximum absolute atomic E-state index is 10.7. The van der Waals surface area contributed by atoms with Crippen molar-refractivity contribution in [3.8, 4) is 11.5 Å². The second-order valence-electron chi connectivity index (χ2n) is 2.87. The molecular formula is C9H9NO5. The van der Waals surface area contributed by atoms with Crippen molar-refractivity contribution in [1.29, 1.82) is 0 Å². The average molecular weight is 211 g/mol. The van der Waals surface area contributed by atoms with Crippen LogP contribution in [0.2, 0.25) is 0 Å². The van der Waals surface area contributed by atoms with Crippen LogP contribution >= 0.6 is 0 Å². The highest BCUT2D eigenvalue weighted by Gasteiger charge is 2.14. The number of carboxylic acid groups (broad SMARTS) is 1. The predicted molar refractivity (Wildman–Crippen MR) is 51.0 cm³/mol. The number of phenolic OH excluding ortho intramolecular Hbond substituents is 2. The molecule has 15 heavy (non-hydrogen) atoms. The van der Waals surface area contributed by atoms with Crippen LogP contribution in [0, 0.1) is 0 Å². The van der Waals surface area contributed by atoms with Gasteiger partial charge in [-0.25, -0.2) is 4.79 Å². The van der Waals surface area contributed by atoms with Gasteiger partial charge in [0.05, 0.1) is 11.3 Å². The van der Waals surface area contributed by atoms with E-state index in [4.69, 9.17) is 15.3 Å². The lowest BCUT2D eigenvalue weighted by Gasteiger charge is -2.08. The molecule has 1 aromatic rings. The van der Waals surface area contributed by atoms with E-state index in [1.54, 1.807) is 0 Å². The van der Waals surface area contributed by atoms with Gasteiger partial charge in [-0.05, 0) is 0 Å². The van der Waals surface area contributed by atoms with Gasteiger partial charge in [-0.2, -0.15) is 0 Å². The van der Waals surface area contributed by atoms with E-state index in [0.717, 1.165) is 12.1 Å². The van der Waals surface area contributed by atoms with Crippen molar-refractivity contribution in [2.45, 2.75) is 6.92 Å². The Morgan fingerprint density at radius 2 is 1.73 bits per heavy atom. The van der Waals surface area contributed by atoms with Crippen molar-refractivity contribution in [3.05, 3.63) is 17.7 Å². The molecule has 1 rings (SSSR count). The Kier molecular flexibility index (Phi) is 2.80. The van der Waals surface area contributed by atoms with Gasteiger partial charge in [0.2, 0.25) is 5.91 Å². The van der Waals surface area contributed by atoms with E-state index >= 15 is 0 Å². The molecule has 4 N–H and O–H groups in total. The second kappa shape index (κ2) is 3.87. The molecule has 0 spiro atoms. The minimum atomic E-state index is -1.31. The number of benzene rings is 1. The first-order valence-corrected chi connectivity index (χ1v) is 3.98. The van der Waals surface area contributed by atoms with E-state index in [2.05, 4.69) is 5.32 Å². The van der Waals surface area contributed by atoms with E-state index in [0.29, 0.717) is 0 Å². The van der Waals surface area contributed by atoms with Crippen LogP contribution in [0.5, 0.6) is 11.5 Å². The lowest BCUT2D eigenvalue weighted by atomic mass is 10.1. The summed E-state index contributed by atoms with van der Waals surface area (Å²) in [6.07, 6.45) is 0. The average Bonchev–Trinajstić information content (AvgIpc) is 2.09. The van der Waals surface area contributed by atoms with Crippen molar-refractivity contribution in [2.24, 2.45) is 0 Å². The number of hydrogen-bond acceptors (Lipinski definition) is 4. The molecule has 0 radical (unpaired) electrons. The zero-order chi connectivity index (χ0) is 11.6. The standard InChI is InChI=1S/C9H9NO5/c1-4(11)10-6-3-8(13)7(12)2-5(6)9(14)15/h2-3,12-13H,1H3,(H,10,11)(H,14,15). The van der Waals surface area contributed by atoms with Gasteiger partial charge < -0.3 is 20.6 Å². The van der Waals surface area contributed by atoms with Crippen molar-refractivity contribution in [1.82, 2.24) is 0 Å². The molecule has 0 saturated carbocycles. The van der Waals surface area contributed by atoms with Crippen LogP contribution in [0.25, 0.3) is 0 Å². The summed E-state index contributed by atoms with van der Waals surface area (Å²) in [6, 6.07) is 1.84. The zero-order valence-corrected chi connectivity index (χ0v) is 7.81. The van der Waals surface area contributed by atoms with Gasteiger partial charge in [0.1, 0.15) is 0 Å². The van der Waals surface area contributed by atoms with Gasteiger partial charge in [-0.1, -0.05) is 0 Å². The number of amides is 1. The number of anilines is 1. The zero-order valence-electron chi connectivity index (χ0n) is 7.81. The van der Waals surface area contributed by atoms with Crippen LogP contribution in [-0.4, -0.2) is 27.2 Å². The molecule has 0 heterocycles. The maximum Gasteiger partial charge on any atom is 0.337 e. The lowest BCUT2D eigenvalue weighted by molar-refractivity contribution is -0.114. The monoisotopic (exact) mass is 211 g/mol. The molecule has 6 heteroatoms. The molecule has 0 aromatic heterocycles. The van der Waals surface area contributed by atoms with Crippen LogP contribution in [0.1, 0.15) is 17.3 Å². The summed E-state index contributed by atoms with van der Waals surface area (Å²) in [5, 5.41) is 29.2. The number of aromatic carboxylic acids is 1. The minimum Gasteiger partial charge on any atom is -0.504 e. The molecule has 0 aliphatic carbocycles. The highest BCUT2D eigenvalue weighted by Crippen LogP contribution is 2.31. The smallest absolute Gasteiger partial charge is 0.337 e. The summed E-state index contributed by atoms with van der Waals surface area (Å²) in [4.78, 5) is 21.5. The number of rotatable bonds is 2.